The summed E-state index contributed by atoms with van der Waals surface area (Å²) in [7, 11) is -7.19. The van der Waals surface area contributed by atoms with E-state index in [0.717, 1.165) is 6.08 Å². The van der Waals surface area contributed by atoms with Crippen molar-refractivity contribution in [2.75, 3.05) is 0 Å². The molecule has 0 saturated carbocycles. The van der Waals surface area contributed by atoms with E-state index in [4.69, 9.17) is 29.2 Å². The normalized spacial score (nSPS) is 11.5. The summed E-state index contributed by atoms with van der Waals surface area (Å²) in [6, 6.07) is 0. The van der Waals surface area contributed by atoms with Crippen LogP contribution in [0.2, 0.25) is 0 Å². The van der Waals surface area contributed by atoms with Gasteiger partial charge in [0, 0.05) is 21.6 Å². The van der Waals surface area contributed by atoms with Crippen molar-refractivity contribution in [2.45, 2.75) is 5.85 Å². The quantitative estimate of drug-likeness (QED) is 0.255. The summed E-state index contributed by atoms with van der Waals surface area (Å²) in [6.45, 7) is 2.98. The van der Waals surface area contributed by atoms with Gasteiger partial charge in [0.25, 0.3) is 0 Å². The Labute approximate surface area is 85.7 Å². The molecule has 7 nitrogen and oxygen atoms in total. The van der Waals surface area contributed by atoms with Gasteiger partial charge in [-0.1, -0.05) is 12.7 Å². The van der Waals surface area contributed by atoms with Gasteiger partial charge in [0.05, 0.1) is 0 Å². The van der Waals surface area contributed by atoms with Crippen molar-refractivity contribution >= 4 is 15.9 Å². The molecule has 0 radical (unpaired) electrons. The topological polar surface area (TPSA) is 135 Å². The van der Waals surface area contributed by atoms with E-state index in [0.29, 0.717) is 0 Å². The zero-order valence-electron chi connectivity index (χ0n) is 6.16. The van der Waals surface area contributed by atoms with Crippen LogP contribution >= 0.6 is 15.9 Å². The van der Waals surface area contributed by atoms with Crippen molar-refractivity contribution in [3.63, 3.8) is 0 Å². The molecule has 0 fully saturated rings. The second kappa shape index (κ2) is 8.96. The van der Waals surface area contributed by atoms with Gasteiger partial charge in [-0.3, -0.25) is 4.57 Å². The monoisotopic (exact) mass is 275 g/mol. The molecule has 0 aromatic carbocycles. The standard InChI is InChI=1S/C3H7O4P.Fe.HO3P/c1-2-3(4)8(5,6)7;;1-4(2)3/h2-4H,1H2,(H2,5,6,7);;(H-,1,2,3)/p+1. The molecule has 0 saturated heterocycles. The van der Waals surface area contributed by atoms with Crippen molar-refractivity contribution in [1.82, 2.24) is 0 Å². The van der Waals surface area contributed by atoms with Gasteiger partial charge >= 0.3 is 15.9 Å². The second-order valence-electron chi connectivity index (χ2n) is 1.49. The van der Waals surface area contributed by atoms with E-state index >= 15 is 0 Å². The minimum absolute atomic E-state index is 0. The first-order valence-corrected chi connectivity index (χ1v) is 5.27. The molecule has 0 aromatic rings. The van der Waals surface area contributed by atoms with Crippen molar-refractivity contribution in [1.29, 1.82) is 0 Å². The van der Waals surface area contributed by atoms with Gasteiger partial charge in [0.15, 0.2) is 5.85 Å². The molecule has 0 aliphatic rings. The van der Waals surface area contributed by atoms with Crippen molar-refractivity contribution in [2.24, 2.45) is 0 Å². The van der Waals surface area contributed by atoms with Crippen LogP contribution < -0.4 is 0 Å². The van der Waals surface area contributed by atoms with Crippen LogP contribution in [-0.2, 0) is 26.2 Å². The molecule has 80 valence electrons. The molecule has 0 aromatic heterocycles. The second-order valence-corrected chi connectivity index (χ2v) is 3.70. The van der Waals surface area contributed by atoms with Gasteiger partial charge in [-0.05, 0) is 0 Å². The molecule has 0 aliphatic carbocycles. The van der Waals surface area contributed by atoms with Crippen LogP contribution in [0.5, 0.6) is 0 Å². The molecule has 10 heteroatoms. The molecule has 0 amide bonds. The number of hydrogen-bond acceptors (Lipinski definition) is 3. The Morgan fingerprint density at radius 2 is 1.62 bits per heavy atom. The van der Waals surface area contributed by atoms with Crippen LogP contribution in [-0.4, -0.2) is 30.5 Å². The molecular weight excluding hydrogens is 266 g/mol. The Kier molecular flexibility index (Phi) is 13.1. The van der Waals surface area contributed by atoms with Crippen LogP contribution in [0.1, 0.15) is 0 Å². The molecule has 5 N–H and O–H groups in total. The number of hydrogen-bond donors (Lipinski definition) is 5. The summed E-state index contributed by atoms with van der Waals surface area (Å²) in [5.41, 5.74) is 0. The number of aliphatic hydroxyl groups excluding tert-OH is 1. The number of aliphatic hydroxyl groups is 1. The van der Waals surface area contributed by atoms with Crippen LogP contribution in [0.25, 0.3) is 0 Å². The zero-order valence-corrected chi connectivity index (χ0v) is 9.06. The average Bonchev–Trinajstić information content (AvgIpc) is 1.82. The maximum atomic E-state index is 9.94. The molecule has 0 heterocycles. The minimum Gasteiger partial charge on any atom is -0.377 e. The summed E-state index contributed by atoms with van der Waals surface area (Å²) in [5, 5.41) is 8.31. The largest absolute Gasteiger partial charge is 0.692 e. The first-order valence-electron chi connectivity index (χ1n) is 2.42. The van der Waals surface area contributed by atoms with Gasteiger partial charge in [-0.25, -0.2) is 0 Å². The van der Waals surface area contributed by atoms with E-state index in [9.17, 15) is 4.57 Å². The van der Waals surface area contributed by atoms with E-state index in [-0.39, 0.29) is 17.1 Å². The Bertz CT molecular complexity index is 196. The molecule has 13 heavy (non-hydrogen) atoms. The van der Waals surface area contributed by atoms with E-state index < -0.39 is 21.7 Å². The minimum atomic E-state index is -4.32. The summed E-state index contributed by atoms with van der Waals surface area (Å²) in [6.07, 6.45) is 0.792. The fourth-order valence-electron chi connectivity index (χ4n) is 0.137. The van der Waals surface area contributed by atoms with Gasteiger partial charge in [0.1, 0.15) is 0 Å². The third-order valence-electron chi connectivity index (χ3n) is 0.555. The van der Waals surface area contributed by atoms with Crippen molar-refractivity contribution < 1.29 is 50.9 Å². The maximum Gasteiger partial charge on any atom is 0.692 e. The first-order chi connectivity index (χ1) is 5.21. The van der Waals surface area contributed by atoms with E-state index in [2.05, 4.69) is 6.58 Å². The SMILES string of the molecule is C=CC(O)P(=O)(O)O.O=[P+](O)O.[Fe]. The van der Waals surface area contributed by atoms with Gasteiger partial charge < -0.3 is 14.9 Å². The molecule has 0 spiro atoms. The summed E-state index contributed by atoms with van der Waals surface area (Å²) >= 11 is 0. The van der Waals surface area contributed by atoms with Crippen molar-refractivity contribution in [3.05, 3.63) is 12.7 Å². The van der Waals surface area contributed by atoms with Crippen LogP contribution in [0.3, 0.4) is 0 Å². The first kappa shape index (κ1) is 19.0. The molecule has 1 atom stereocenters. The van der Waals surface area contributed by atoms with E-state index in [1.54, 1.807) is 0 Å². The fourth-order valence-corrected chi connectivity index (χ4v) is 0.412. The molecule has 0 bridgehead atoms. The number of rotatable bonds is 2. The summed E-state index contributed by atoms with van der Waals surface area (Å²) in [4.78, 5) is 30.4. The Morgan fingerprint density at radius 3 is 1.62 bits per heavy atom. The smallest absolute Gasteiger partial charge is 0.377 e. The maximum absolute atomic E-state index is 9.94. The Morgan fingerprint density at radius 1 is 1.38 bits per heavy atom. The predicted octanol–water partition coefficient (Wildman–Crippen LogP) is -0.706. The fraction of sp³-hybridized carbons (Fsp3) is 0.333. The average molecular weight is 275 g/mol. The molecular formula is C3H9FeO7P2+. The summed E-state index contributed by atoms with van der Waals surface area (Å²) in [5.74, 6) is -1.72. The van der Waals surface area contributed by atoms with Crippen LogP contribution in [0, 0.1) is 0 Å². The Hall–Kier alpha value is 0.389. The molecule has 0 rings (SSSR count). The predicted molar refractivity (Wildman–Crippen MR) is 40.3 cm³/mol. The van der Waals surface area contributed by atoms with E-state index in [1.807, 2.05) is 0 Å². The van der Waals surface area contributed by atoms with Gasteiger partial charge in [0.2, 0.25) is 0 Å². The molecule has 1 unspecified atom stereocenters. The summed E-state index contributed by atoms with van der Waals surface area (Å²) < 4.78 is 18.6. The van der Waals surface area contributed by atoms with Crippen LogP contribution in [0.15, 0.2) is 12.7 Å². The van der Waals surface area contributed by atoms with Gasteiger partial charge in [-0.2, -0.15) is 0 Å². The third kappa shape index (κ3) is 19.0. The van der Waals surface area contributed by atoms with Crippen LogP contribution in [0.4, 0.5) is 0 Å². The van der Waals surface area contributed by atoms with Gasteiger partial charge in [-0.15, -0.1) is 9.79 Å². The van der Waals surface area contributed by atoms with E-state index in [1.165, 1.54) is 0 Å². The van der Waals surface area contributed by atoms with Crippen molar-refractivity contribution in [3.8, 4) is 0 Å². The third-order valence-corrected chi connectivity index (χ3v) is 1.46. The zero-order chi connectivity index (χ0) is 10.4. The Balaban J connectivity index is -0.000000173. The molecule has 0 aliphatic heterocycles.